The summed E-state index contributed by atoms with van der Waals surface area (Å²) in [6.07, 6.45) is -2.65. The molecule has 57 heavy (non-hydrogen) atoms. The van der Waals surface area contributed by atoms with Crippen LogP contribution in [0.2, 0.25) is 0 Å². The fourth-order valence-electron chi connectivity index (χ4n) is 6.19. The molecule has 17 heteroatoms. The van der Waals surface area contributed by atoms with E-state index in [4.69, 9.17) is 9.47 Å². The quantitative estimate of drug-likeness (QED) is 0.209. The summed E-state index contributed by atoms with van der Waals surface area (Å²) in [6, 6.07) is 7.96. The van der Waals surface area contributed by atoms with Crippen molar-refractivity contribution < 1.29 is 51.0 Å². The van der Waals surface area contributed by atoms with Gasteiger partial charge in [0.15, 0.2) is 0 Å². The zero-order valence-electron chi connectivity index (χ0n) is 33.7. The van der Waals surface area contributed by atoms with Crippen LogP contribution in [0.4, 0.5) is 22.4 Å². The molecule has 312 valence electrons. The number of imidazole rings is 1. The number of alkyl halides is 3. The number of aryl methyl sites for hydroxylation is 1. The van der Waals surface area contributed by atoms with E-state index >= 15 is 0 Å². The number of aromatic nitrogens is 2. The number of halogens is 4. The lowest BCUT2D eigenvalue weighted by Gasteiger charge is -2.38. The number of nitrogens with one attached hydrogen (secondary N) is 1. The van der Waals surface area contributed by atoms with E-state index in [9.17, 15) is 36.7 Å². The Hall–Kier alpha value is -5.35. The van der Waals surface area contributed by atoms with Gasteiger partial charge in [0.25, 0.3) is 5.91 Å². The second kappa shape index (κ2) is 17.8. The average molecular weight is 805 g/mol. The molecule has 4 atom stereocenters. The second-order valence-corrected chi connectivity index (χ2v) is 16.3. The van der Waals surface area contributed by atoms with Gasteiger partial charge in [-0.05, 0) is 81.5 Å². The van der Waals surface area contributed by atoms with E-state index < -0.39 is 77.0 Å². The largest absolute Gasteiger partial charge is 0.573 e. The van der Waals surface area contributed by atoms with Gasteiger partial charge in [-0.1, -0.05) is 32.9 Å². The van der Waals surface area contributed by atoms with Gasteiger partial charge in [0.2, 0.25) is 11.8 Å². The molecule has 1 fully saturated rings. The van der Waals surface area contributed by atoms with E-state index in [1.165, 1.54) is 44.6 Å². The smallest absolute Gasteiger partial charge is 0.489 e. The molecule has 13 nitrogen and oxygen atoms in total. The third-order valence-corrected chi connectivity index (χ3v) is 9.29. The van der Waals surface area contributed by atoms with Crippen molar-refractivity contribution in [1.29, 1.82) is 0 Å². The molecule has 1 aliphatic heterocycles. The zero-order chi connectivity index (χ0) is 42.5. The molecule has 4 unspecified atom stereocenters. The van der Waals surface area contributed by atoms with Gasteiger partial charge in [0, 0.05) is 39.8 Å². The maximum absolute atomic E-state index is 14.7. The number of carbonyl (C=O) groups excluding carboxylic acids is 4. The summed E-state index contributed by atoms with van der Waals surface area (Å²) >= 11 is 0. The monoisotopic (exact) mass is 804 g/mol. The van der Waals surface area contributed by atoms with Crippen molar-refractivity contribution >= 4 is 23.8 Å². The molecule has 4 amide bonds. The normalized spacial score (nSPS) is 17.0. The first kappa shape index (κ1) is 44.4. The first-order chi connectivity index (χ1) is 26.4. The summed E-state index contributed by atoms with van der Waals surface area (Å²) in [5.74, 6) is -2.10. The van der Waals surface area contributed by atoms with Crippen molar-refractivity contribution in [1.82, 2.24) is 29.6 Å². The third kappa shape index (κ3) is 12.8. The number of amides is 4. The minimum Gasteiger partial charge on any atom is -0.489 e. The molecule has 1 aliphatic rings. The molecule has 3 aromatic rings. The van der Waals surface area contributed by atoms with Gasteiger partial charge < -0.3 is 33.9 Å². The number of hydrogen-bond acceptors (Lipinski definition) is 8. The Bertz CT molecular complexity index is 1860. The van der Waals surface area contributed by atoms with Crippen LogP contribution >= 0.6 is 0 Å². The van der Waals surface area contributed by atoms with Crippen LogP contribution in [0.5, 0.6) is 11.5 Å². The fourth-order valence-corrected chi connectivity index (χ4v) is 6.19. The number of hydrogen-bond donors (Lipinski definition) is 1. The van der Waals surface area contributed by atoms with Crippen molar-refractivity contribution in [2.45, 2.75) is 97.5 Å². The Balaban J connectivity index is 1.64. The van der Waals surface area contributed by atoms with Gasteiger partial charge >= 0.3 is 12.5 Å². The molecule has 0 aliphatic carbocycles. The van der Waals surface area contributed by atoms with Gasteiger partial charge in [-0.25, -0.2) is 14.2 Å². The summed E-state index contributed by atoms with van der Waals surface area (Å²) in [5.41, 5.74) is -0.710. The van der Waals surface area contributed by atoms with E-state index in [-0.39, 0.29) is 37.5 Å². The SMILES string of the molecule is CC(C(=O)NC(C(=O)N1CC(Oc2ccc(OC(F)(F)F)cc2)CC1CN(CCc1ccc(F)cc1)C(=O)c1cn(C)cn1)C(C)(C)C)N(C)C(=O)OC(C)(C)C. The lowest BCUT2D eigenvalue weighted by molar-refractivity contribution is -0.274. The van der Waals surface area contributed by atoms with Crippen molar-refractivity contribution in [3.63, 3.8) is 0 Å². The Morgan fingerprint density at radius 1 is 0.965 bits per heavy atom. The number of likely N-dealkylation sites (N-methyl/N-ethyl adjacent to an activating group) is 1. The highest BCUT2D eigenvalue weighted by Gasteiger charge is 2.45. The first-order valence-corrected chi connectivity index (χ1v) is 18.5. The number of likely N-dealkylation sites (tertiary alicyclic amines) is 1. The standard InChI is InChI=1S/C40H52F4N6O7/c1-25(48(9)37(54)57-39(5,6)7)34(51)46-33(38(2,3)4)36(53)50-22-31(55-29-14-16-30(17-15-29)56-40(42,43)44)20-28(50)21-49(35(52)32-23-47(8)24-45-32)19-18-26-10-12-27(41)13-11-26/h10-17,23-25,28,31,33H,18-22H2,1-9H3,(H,46,51). The van der Waals surface area contributed by atoms with E-state index in [0.717, 1.165) is 22.6 Å². The summed E-state index contributed by atoms with van der Waals surface area (Å²) < 4.78 is 69.3. The highest BCUT2D eigenvalue weighted by atomic mass is 19.4. The number of nitrogens with zero attached hydrogens (tertiary/aromatic N) is 5. The van der Waals surface area contributed by atoms with Crippen LogP contribution in [0.3, 0.4) is 0 Å². The van der Waals surface area contributed by atoms with E-state index in [1.54, 1.807) is 81.3 Å². The molecule has 2 heterocycles. The second-order valence-electron chi connectivity index (χ2n) is 16.3. The van der Waals surface area contributed by atoms with Gasteiger partial charge in [-0.15, -0.1) is 13.2 Å². The molecular weight excluding hydrogens is 752 g/mol. The Labute approximate surface area is 330 Å². The predicted molar refractivity (Wildman–Crippen MR) is 202 cm³/mol. The molecule has 0 radical (unpaired) electrons. The summed E-state index contributed by atoms with van der Waals surface area (Å²) in [4.78, 5) is 63.7. The van der Waals surface area contributed by atoms with E-state index in [2.05, 4.69) is 15.0 Å². The van der Waals surface area contributed by atoms with Crippen LogP contribution in [0.1, 0.15) is 70.9 Å². The molecule has 0 bridgehead atoms. The van der Waals surface area contributed by atoms with Crippen molar-refractivity contribution in [3.05, 3.63) is 78.1 Å². The van der Waals surface area contributed by atoms with Crippen molar-refractivity contribution in [3.8, 4) is 11.5 Å². The highest BCUT2D eigenvalue weighted by molar-refractivity contribution is 5.93. The average Bonchev–Trinajstić information content (AvgIpc) is 3.72. The van der Waals surface area contributed by atoms with Crippen LogP contribution in [0.15, 0.2) is 61.1 Å². The molecule has 0 saturated carbocycles. The summed E-state index contributed by atoms with van der Waals surface area (Å²) in [5, 5.41) is 2.85. The molecule has 1 aromatic heterocycles. The fraction of sp³-hybridized carbons (Fsp3) is 0.525. The number of rotatable bonds is 13. The van der Waals surface area contributed by atoms with Crippen molar-refractivity contribution in [2.24, 2.45) is 12.5 Å². The molecule has 2 aromatic carbocycles. The Morgan fingerprint density at radius 3 is 2.12 bits per heavy atom. The minimum atomic E-state index is -4.88. The first-order valence-electron chi connectivity index (χ1n) is 18.5. The number of benzene rings is 2. The van der Waals surface area contributed by atoms with Gasteiger partial charge in [0.1, 0.15) is 46.8 Å². The van der Waals surface area contributed by atoms with Crippen molar-refractivity contribution in [2.75, 3.05) is 26.7 Å². The van der Waals surface area contributed by atoms with Crippen LogP contribution in [0.25, 0.3) is 0 Å². The summed E-state index contributed by atoms with van der Waals surface area (Å²) in [7, 11) is 3.15. The highest BCUT2D eigenvalue weighted by Crippen LogP contribution is 2.31. The Kier molecular flexibility index (Phi) is 13.9. The van der Waals surface area contributed by atoms with Crippen LogP contribution in [-0.2, 0) is 27.8 Å². The van der Waals surface area contributed by atoms with E-state index in [1.807, 2.05) is 0 Å². The maximum atomic E-state index is 14.7. The Morgan fingerprint density at radius 2 is 1.58 bits per heavy atom. The third-order valence-electron chi connectivity index (χ3n) is 9.29. The van der Waals surface area contributed by atoms with E-state index in [0.29, 0.717) is 6.42 Å². The zero-order valence-corrected chi connectivity index (χ0v) is 33.7. The topological polar surface area (TPSA) is 136 Å². The van der Waals surface area contributed by atoms with Gasteiger partial charge in [-0.3, -0.25) is 19.3 Å². The predicted octanol–water partition coefficient (Wildman–Crippen LogP) is 5.98. The molecule has 4 rings (SSSR count). The molecule has 0 spiro atoms. The maximum Gasteiger partial charge on any atom is 0.573 e. The molecule has 1 saturated heterocycles. The van der Waals surface area contributed by atoms with Gasteiger partial charge in [-0.2, -0.15) is 0 Å². The lowest BCUT2D eigenvalue weighted by Crippen LogP contribution is -2.60. The van der Waals surface area contributed by atoms with Gasteiger partial charge in [0.05, 0.1) is 18.9 Å². The van der Waals surface area contributed by atoms with Crippen LogP contribution < -0.4 is 14.8 Å². The summed E-state index contributed by atoms with van der Waals surface area (Å²) in [6.45, 7) is 12.2. The minimum absolute atomic E-state index is 0.00367. The molecular formula is C40H52F4N6O7. The van der Waals surface area contributed by atoms with Crippen LogP contribution in [-0.4, -0.2) is 111 Å². The van der Waals surface area contributed by atoms with Crippen LogP contribution in [0, 0.1) is 11.2 Å². The number of ether oxygens (including phenoxy) is 3. The number of carbonyl (C=O) groups is 4. The lowest BCUT2D eigenvalue weighted by atomic mass is 9.85. The molecule has 1 N–H and O–H groups in total.